The molecule has 2 nitrogen and oxygen atoms in total. The van der Waals surface area contributed by atoms with Crippen molar-refractivity contribution in [3.8, 4) is 5.75 Å². The first kappa shape index (κ1) is 8.30. The molecular formula is C11H12O2. The van der Waals surface area contributed by atoms with Crippen LogP contribution in [0.4, 0.5) is 0 Å². The molecule has 0 spiro atoms. The molecule has 1 heterocycles. The van der Waals surface area contributed by atoms with Crippen LogP contribution in [-0.2, 0) is 11.2 Å². The number of hydrogen-bond acceptors (Lipinski definition) is 2. The molecule has 1 aromatic rings. The Bertz CT molecular complexity index is 353. The summed E-state index contributed by atoms with van der Waals surface area (Å²) in [7, 11) is 0. The Balaban J connectivity index is 2.51. The van der Waals surface area contributed by atoms with Gasteiger partial charge in [-0.15, -0.1) is 0 Å². The van der Waals surface area contributed by atoms with Gasteiger partial charge in [0.1, 0.15) is 5.75 Å². The van der Waals surface area contributed by atoms with Gasteiger partial charge in [0.15, 0.2) is 0 Å². The standard InChI is InChI=1S/C11H12O2/c1-7(2)9-5-3-4-8-6-10(12)13-11(8)9/h3-5,7H,6H2,1-2H3. The Hall–Kier alpha value is -1.31. The van der Waals surface area contributed by atoms with E-state index in [-0.39, 0.29) is 5.97 Å². The summed E-state index contributed by atoms with van der Waals surface area (Å²) in [5, 5.41) is 0. The molecule has 0 atom stereocenters. The molecule has 0 fully saturated rings. The highest BCUT2D eigenvalue weighted by Gasteiger charge is 2.23. The van der Waals surface area contributed by atoms with Gasteiger partial charge in [-0.05, 0) is 11.5 Å². The van der Waals surface area contributed by atoms with Crippen LogP contribution >= 0.6 is 0 Å². The Morgan fingerprint density at radius 2 is 2.15 bits per heavy atom. The third-order valence-corrected chi connectivity index (χ3v) is 2.30. The summed E-state index contributed by atoms with van der Waals surface area (Å²) in [6.45, 7) is 4.20. The van der Waals surface area contributed by atoms with Gasteiger partial charge in [0.25, 0.3) is 0 Å². The zero-order chi connectivity index (χ0) is 9.42. The first-order valence-electron chi connectivity index (χ1n) is 4.51. The van der Waals surface area contributed by atoms with E-state index in [1.54, 1.807) is 0 Å². The molecule has 0 aliphatic carbocycles. The summed E-state index contributed by atoms with van der Waals surface area (Å²) in [5.74, 6) is 1.06. The fraction of sp³-hybridized carbons (Fsp3) is 0.364. The number of benzene rings is 1. The van der Waals surface area contributed by atoms with E-state index in [1.165, 1.54) is 0 Å². The molecule has 0 aromatic heterocycles. The van der Waals surface area contributed by atoms with Crippen LogP contribution in [0.2, 0.25) is 0 Å². The molecule has 1 aliphatic heterocycles. The fourth-order valence-corrected chi connectivity index (χ4v) is 1.63. The number of rotatable bonds is 1. The van der Waals surface area contributed by atoms with Gasteiger partial charge >= 0.3 is 5.97 Å². The van der Waals surface area contributed by atoms with E-state index in [2.05, 4.69) is 13.8 Å². The molecule has 0 bridgehead atoms. The summed E-state index contributed by atoms with van der Waals surface area (Å²) in [6, 6.07) is 5.95. The molecule has 13 heavy (non-hydrogen) atoms. The van der Waals surface area contributed by atoms with E-state index in [4.69, 9.17) is 4.74 Å². The third kappa shape index (κ3) is 1.32. The molecule has 0 radical (unpaired) electrons. The minimum Gasteiger partial charge on any atom is -0.426 e. The number of esters is 1. The van der Waals surface area contributed by atoms with E-state index in [1.807, 2.05) is 18.2 Å². The highest BCUT2D eigenvalue weighted by Crippen LogP contribution is 2.34. The minimum atomic E-state index is -0.136. The molecule has 2 heteroatoms. The average Bonchev–Trinajstić information content (AvgIpc) is 2.43. The van der Waals surface area contributed by atoms with Gasteiger partial charge in [-0.1, -0.05) is 32.0 Å². The van der Waals surface area contributed by atoms with E-state index in [0.717, 1.165) is 16.9 Å². The monoisotopic (exact) mass is 176 g/mol. The molecule has 0 saturated carbocycles. The van der Waals surface area contributed by atoms with Gasteiger partial charge in [0.2, 0.25) is 0 Å². The summed E-state index contributed by atoms with van der Waals surface area (Å²) >= 11 is 0. The Kier molecular flexibility index (Phi) is 1.83. The molecule has 0 saturated heterocycles. The van der Waals surface area contributed by atoms with Crippen LogP contribution in [0.5, 0.6) is 5.75 Å². The minimum absolute atomic E-state index is 0.136. The second kappa shape index (κ2) is 2.87. The number of para-hydroxylation sites is 1. The van der Waals surface area contributed by atoms with Crippen molar-refractivity contribution in [2.24, 2.45) is 0 Å². The number of carbonyl (C=O) groups is 1. The maximum Gasteiger partial charge on any atom is 0.315 e. The van der Waals surface area contributed by atoms with Crippen molar-refractivity contribution in [3.63, 3.8) is 0 Å². The predicted molar refractivity (Wildman–Crippen MR) is 49.9 cm³/mol. The first-order valence-corrected chi connectivity index (χ1v) is 4.51. The molecule has 0 unspecified atom stereocenters. The molecule has 68 valence electrons. The quantitative estimate of drug-likeness (QED) is 0.484. The average molecular weight is 176 g/mol. The van der Waals surface area contributed by atoms with E-state index < -0.39 is 0 Å². The molecule has 0 amide bonds. The number of carbonyl (C=O) groups excluding carboxylic acids is 1. The van der Waals surface area contributed by atoms with Gasteiger partial charge < -0.3 is 4.74 Å². The lowest BCUT2D eigenvalue weighted by Gasteiger charge is -2.09. The lowest BCUT2D eigenvalue weighted by Crippen LogP contribution is -2.01. The van der Waals surface area contributed by atoms with Crippen molar-refractivity contribution in [2.75, 3.05) is 0 Å². The predicted octanol–water partition coefficient (Wildman–Crippen LogP) is 2.27. The zero-order valence-electron chi connectivity index (χ0n) is 7.83. The Morgan fingerprint density at radius 3 is 2.85 bits per heavy atom. The van der Waals surface area contributed by atoms with Crippen LogP contribution in [0.1, 0.15) is 30.9 Å². The molecule has 0 N–H and O–H groups in total. The van der Waals surface area contributed by atoms with Crippen molar-refractivity contribution in [1.82, 2.24) is 0 Å². The normalized spacial score (nSPS) is 14.5. The highest BCUT2D eigenvalue weighted by molar-refractivity contribution is 5.81. The van der Waals surface area contributed by atoms with Gasteiger partial charge in [0, 0.05) is 5.56 Å². The zero-order valence-corrected chi connectivity index (χ0v) is 7.83. The lowest BCUT2D eigenvalue weighted by molar-refractivity contribution is -0.131. The molecule has 1 aliphatic rings. The van der Waals surface area contributed by atoms with Gasteiger partial charge in [-0.2, -0.15) is 0 Å². The maximum atomic E-state index is 11.1. The van der Waals surface area contributed by atoms with Crippen LogP contribution in [0.15, 0.2) is 18.2 Å². The van der Waals surface area contributed by atoms with Crippen LogP contribution in [0.3, 0.4) is 0 Å². The Labute approximate surface area is 77.5 Å². The first-order chi connectivity index (χ1) is 6.18. The smallest absolute Gasteiger partial charge is 0.315 e. The number of fused-ring (bicyclic) bond motifs is 1. The second-order valence-electron chi connectivity index (χ2n) is 3.64. The van der Waals surface area contributed by atoms with Crippen LogP contribution in [0, 0.1) is 0 Å². The van der Waals surface area contributed by atoms with Crippen molar-refractivity contribution < 1.29 is 9.53 Å². The topological polar surface area (TPSA) is 26.3 Å². The van der Waals surface area contributed by atoms with Crippen LogP contribution in [0.25, 0.3) is 0 Å². The lowest BCUT2D eigenvalue weighted by atomic mass is 9.99. The maximum absolute atomic E-state index is 11.1. The van der Waals surface area contributed by atoms with Crippen LogP contribution in [-0.4, -0.2) is 5.97 Å². The van der Waals surface area contributed by atoms with Crippen molar-refractivity contribution in [1.29, 1.82) is 0 Å². The largest absolute Gasteiger partial charge is 0.426 e. The summed E-state index contributed by atoms with van der Waals surface area (Å²) in [5.41, 5.74) is 2.15. The molecule has 2 rings (SSSR count). The van der Waals surface area contributed by atoms with Crippen LogP contribution < -0.4 is 4.74 Å². The second-order valence-corrected chi connectivity index (χ2v) is 3.64. The highest BCUT2D eigenvalue weighted by atomic mass is 16.5. The summed E-state index contributed by atoms with van der Waals surface area (Å²) in [4.78, 5) is 11.1. The van der Waals surface area contributed by atoms with Crippen molar-refractivity contribution >= 4 is 5.97 Å². The molecule has 1 aromatic carbocycles. The van der Waals surface area contributed by atoms with E-state index >= 15 is 0 Å². The van der Waals surface area contributed by atoms with Gasteiger partial charge in [0.05, 0.1) is 6.42 Å². The van der Waals surface area contributed by atoms with E-state index in [0.29, 0.717) is 12.3 Å². The number of ether oxygens (including phenoxy) is 1. The van der Waals surface area contributed by atoms with Crippen molar-refractivity contribution in [3.05, 3.63) is 29.3 Å². The van der Waals surface area contributed by atoms with Gasteiger partial charge in [-0.3, -0.25) is 4.79 Å². The Morgan fingerprint density at radius 1 is 1.38 bits per heavy atom. The third-order valence-electron chi connectivity index (χ3n) is 2.30. The SMILES string of the molecule is CC(C)c1cccc2c1OC(=O)C2. The summed E-state index contributed by atoms with van der Waals surface area (Å²) < 4.78 is 5.16. The van der Waals surface area contributed by atoms with Crippen molar-refractivity contribution in [2.45, 2.75) is 26.2 Å². The fourth-order valence-electron chi connectivity index (χ4n) is 1.63. The molecular weight excluding hydrogens is 164 g/mol. The summed E-state index contributed by atoms with van der Waals surface area (Å²) in [6.07, 6.45) is 0.426. The van der Waals surface area contributed by atoms with E-state index in [9.17, 15) is 4.79 Å². The van der Waals surface area contributed by atoms with Gasteiger partial charge in [-0.25, -0.2) is 0 Å². The number of hydrogen-bond donors (Lipinski definition) is 0.